The van der Waals surface area contributed by atoms with E-state index in [1.54, 1.807) is 12.1 Å². The van der Waals surface area contributed by atoms with Gasteiger partial charge in [0.2, 0.25) is 0 Å². The van der Waals surface area contributed by atoms with Crippen LogP contribution in [0.5, 0.6) is 0 Å². The van der Waals surface area contributed by atoms with Crippen molar-refractivity contribution < 1.29 is 19.1 Å². The van der Waals surface area contributed by atoms with Crippen molar-refractivity contribution in [2.45, 2.75) is 84.1 Å². The molecule has 252 valence electrons. The van der Waals surface area contributed by atoms with Crippen LogP contribution in [0.1, 0.15) is 104 Å². The van der Waals surface area contributed by atoms with Crippen LogP contribution in [0, 0.1) is 0 Å². The summed E-state index contributed by atoms with van der Waals surface area (Å²) >= 11 is 1.53. The Morgan fingerprint density at radius 2 is 1.50 bits per heavy atom. The number of aryl methyl sites for hydroxylation is 3. The first-order chi connectivity index (χ1) is 23.4. The van der Waals surface area contributed by atoms with Gasteiger partial charge in [0.1, 0.15) is 5.00 Å². The van der Waals surface area contributed by atoms with E-state index in [-0.39, 0.29) is 17.8 Å². The van der Waals surface area contributed by atoms with Gasteiger partial charge in [0.25, 0.3) is 11.8 Å². The maximum absolute atomic E-state index is 13.8. The fraction of sp³-hybridized carbons (Fsp3) is 0.375. The molecule has 1 heterocycles. The smallest absolute Gasteiger partial charge is 0.337 e. The van der Waals surface area contributed by atoms with Gasteiger partial charge >= 0.3 is 5.97 Å². The van der Waals surface area contributed by atoms with E-state index in [0.717, 1.165) is 86.6 Å². The molecule has 1 atom stereocenters. The van der Waals surface area contributed by atoms with Crippen molar-refractivity contribution in [2.75, 3.05) is 24.3 Å². The minimum absolute atomic E-state index is 0.194. The Kier molecular flexibility index (Phi) is 12.6. The van der Waals surface area contributed by atoms with Crippen LogP contribution < -0.4 is 16.0 Å². The zero-order chi connectivity index (χ0) is 33.9. The second-order valence-electron chi connectivity index (χ2n) is 12.5. The minimum atomic E-state index is -0.340. The lowest BCUT2D eigenvalue weighted by atomic mass is 9.95. The number of rotatable bonds is 15. The van der Waals surface area contributed by atoms with E-state index >= 15 is 0 Å². The number of benzene rings is 3. The van der Waals surface area contributed by atoms with Crippen LogP contribution in [0.15, 0.2) is 72.8 Å². The van der Waals surface area contributed by atoms with Crippen LogP contribution in [0.4, 0.5) is 10.7 Å². The lowest BCUT2D eigenvalue weighted by Gasteiger charge is -2.16. The van der Waals surface area contributed by atoms with Gasteiger partial charge in [-0.15, -0.1) is 11.3 Å². The summed E-state index contributed by atoms with van der Waals surface area (Å²) in [6, 6.07) is 23.7. The average molecular weight is 666 g/mol. The maximum atomic E-state index is 13.8. The van der Waals surface area contributed by atoms with Crippen LogP contribution in [0.2, 0.25) is 0 Å². The molecule has 5 rings (SSSR count). The molecule has 2 amide bonds. The summed E-state index contributed by atoms with van der Waals surface area (Å²) in [7, 11) is 1.38. The van der Waals surface area contributed by atoms with Crippen molar-refractivity contribution in [1.29, 1.82) is 0 Å². The number of nitrogens with one attached hydrogen (secondary N) is 3. The predicted molar refractivity (Wildman–Crippen MR) is 196 cm³/mol. The monoisotopic (exact) mass is 665 g/mol. The fourth-order valence-electron chi connectivity index (χ4n) is 6.32. The molecular formula is C40H47N3O4S. The van der Waals surface area contributed by atoms with Crippen molar-refractivity contribution >= 4 is 39.8 Å². The van der Waals surface area contributed by atoms with Gasteiger partial charge in [-0.3, -0.25) is 9.59 Å². The largest absolute Gasteiger partial charge is 0.465 e. The standard InChI is InChI=1S/C40H47N3O4S/c1-4-9-32(5-2)41-25-24-29-10-8-11-31(26-29)37(44)43-39-36(34-12-6-7-13-35(34)48-39)38(45)42-33-22-18-28(19-23-33)15-14-27-16-20-30(21-17-27)40(46)47-3/h8,10-11,16-23,26,32,41H,4-7,9,12-15,24-25H2,1-3H3,(H,42,45)(H,43,44). The van der Waals surface area contributed by atoms with Crippen LogP contribution >= 0.6 is 11.3 Å². The molecular weight excluding hydrogens is 619 g/mol. The Morgan fingerprint density at radius 3 is 2.19 bits per heavy atom. The molecule has 0 saturated carbocycles. The molecule has 1 aliphatic carbocycles. The molecule has 1 aliphatic rings. The van der Waals surface area contributed by atoms with E-state index in [1.165, 1.54) is 29.7 Å². The van der Waals surface area contributed by atoms with Gasteiger partial charge in [0.15, 0.2) is 0 Å². The number of hydrogen-bond acceptors (Lipinski definition) is 6. The third-order valence-electron chi connectivity index (χ3n) is 9.08. The molecule has 4 aromatic rings. The van der Waals surface area contributed by atoms with E-state index in [1.807, 2.05) is 54.6 Å². The number of hydrogen-bond donors (Lipinski definition) is 3. The fourth-order valence-corrected chi connectivity index (χ4v) is 7.60. The van der Waals surface area contributed by atoms with Crippen LogP contribution in [0.3, 0.4) is 0 Å². The van der Waals surface area contributed by atoms with Gasteiger partial charge < -0.3 is 20.7 Å². The number of anilines is 2. The zero-order valence-corrected chi connectivity index (χ0v) is 29.1. The van der Waals surface area contributed by atoms with Gasteiger partial charge in [-0.2, -0.15) is 0 Å². The molecule has 0 spiro atoms. The van der Waals surface area contributed by atoms with E-state index in [4.69, 9.17) is 4.74 Å². The molecule has 3 N–H and O–H groups in total. The SMILES string of the molecule is CCCC(CC)NCCc1cccc(C(=O)Nc2sc3c(c2C(=O)Nc2ccc(CCc4ccc(C(=O)OC)cc4)cc2)CCCC3)c1. The molecule has 1 unspecified atom stereocenters. The Bertz CT molecular complexity index is 1690. The molecule has 0 radical (unpaired) electrons. The Morgan fingerprint density at radius 1 is 0.792 bits per heavy atom. The van der Waals surface area contributed by atoms with Crippen LogP contribution in [-0.2, 0) is 36.8 Å². The van der Waals surface area contributed by atoms with Gasteiger partial charge in [-0.05, 0) is 123 Å². The van der Waals surface area contributed by atoms with Gasteiger partial charge in [0.05, 0.1) is 18.2 Å². The molecule has 1 aromatic heterocycles. The normalized spacial score (nSPS) is 13.0. The third-order valence-corrected chi connectivity index (χ3v) is 10.3. The molecule has 7 nitrogen and oxygen atoms in total. The highest BCUT2D eigenvalue weighted by Crippen LogP contribution is 2.39. The first-order valence-corrected chi connectivity index (χ1v) is 18.1. The van der Waals surface area contributed by atoms with Crippen molar-refractivity contribution in [1.82, 2.24) is 5.32 Å². The first kappa shape index (κ1) is 35.0. The summed E-state index contributed by atoms with van der Waals surface area (Å²) in [6.45, 7) is 5.30. The number of esters is 1. The van der Waals surface area contributed by atoms with Crippen molar-refractivity contribution in [3.05, 3.63) is 117 Å². The van der Waals surface area contributed by atoms with Gasteiger partial charge in [-0.25, -0.2) is 4.79 Å². The van der Waals surface area contributed by atoms with Gasteiger partial charge in [-0.1, -0.05) is 56.7 Å². The minimum Gasteiger partial charge on any atom is -0.465 e. The molecule has 0 saturated heterocycles. The quantitative estimate of drug-likeness (QED) is 0.111. The number of fused-ring (bicyclic) bond motifs is 1. The number of ether oxygens (including phenoxy) is 1. The molecule has 0 aliphatic heterocycles. The van der Waals surface area contributed by atoms with E-state index < -0.39 is 0 Å². The van der Waals surface area contributed by atoms with Crippen LogP contribution in [0.25, 0.3) is 0 Å². The molecule has 0 fully saturated rings. The van der Waals surface area contributed by atoms with E-state index in [2.05, 4.69) is 35.9 Å². The first-order valence-electron chi connectivity index (χ1n) is 17.2. The van der Waals surface area contributed by atoms with E-state index in [9.17, 15) is 14.4 Å². The van der Waals surface area contributed by atoms with Crippen molar-refractivity contribution in [3.8, 4) is 0 Å². The second kappa shape index (κ2) is 17.2. The second-order valence-corrected chi connectivity index (χ2v) is 13.6. The summed E-state index contributed by atoms with van der Waals surface area (Å²) in [5.41, 5.74) is 6.89. The summed E-state index contributed by atoms with van der Waals surface area (Å²) in [6.07, 6.45) is 9.84. The van der Waals surface area contributed by atoms with Crippen LogP contribution in [-0.4, -0.2) is 37.5 Å². The number of carbonyl (C=O) groups excluding carboxylic acids is 3. The number of methoxy groups -OCH3 is 1. The molecule has 48 heavy (non-hydrogen) atoms. The van der Waals surface area contributed by atoms with E-state index in [0.29, 0.717) is 33.4 Å². The number of carbonyl (C=O) groups is 3. The highest BCUT2D eigenvalue weighted by atomic mass is 32.1. The Hall–Kier alpha value is -4.27. The Balaban J connectivity index is 1.22. The summed E-state index contributed by atoms with van der Waals surface area (Å²) in [5, 5.41) is 10.5. The summed E-state index contributed by atoms with van der Waals surface area (Å²) in [5.74, 6) is -0.729. The lowest BCUT2D eigenvalue weighted by molar-refractivity contribution is 0.0600. The van der Waals surface area contributed by atoms with Crippen molar-refractivity contribution in [3.63, 3.8) is 0 Å². The zero-order valence-electron chi connectivity index (χ0n) is 28.3. The molecule has 8 heteroatoms. The highest BCUT2D eigenvalue weighted by molar-refractivity contribution is 7.17. The predicted octanol–water partition coefficient (Wildman–Crippen LogP) is 8.41. The highest BCUT2D eigenvalue weighted by Gasteiger charge is 2.27. The summed E-state index contributed by atoms with van der Waals surface area (Å²) in [4.78, 5) is 40.2. The lowest BCUT2D eigenvalue weighted by Crippen LogP contribution is -2.30. The average Bonchev–Trinajstić information content (AvgIpc) is 3.48. The topological polar surface area (TPSA) is 96.5 Å². The molecule has 0 bridgehead atoms. The summed E-state index contributed by atoms with van der Waals surface area (Å²) < 4.78 is 4.78. The maximum Gasteiger partial charge on any atom is 0.337 e. The van der Waals surface area contributed by atoms with Crippen molar-refractivity contribution in [2.24, 2.45) is 0 Å². The number of thiophene rings is 1. The number of amides is 2. The van der Waals surface area contributed by atoms with Gasteiger partial charge in [0, 0.05) is 22.2 Å². The molecule has 3 aromatic carbocycles. The third kappa shape index (κ3) is 9.20. The Labute approximate surface area is 288 Å².